The van der Waals surface area contributed by atoms with Crippen LogP contribution in [0, 0.1) is 0 Å². The van der Waals surface area contributed by atoms with Crippen molar-refractivity contribution in [3.05, 3.63) is 29.3 Å². The molecule has 0 saturated heterocycles. The van der Waals surface area contributed by atoms with E-state index in [9.17, 15) is 4.79 Å². The molecule has 0 spiro atoms. The first-order valence-corrected chi connectivity index (χ1v) is 6.17. The fourth-order valence-electron chi connectivity index (χ4n) is 1.85. The summed E-state index contributed by atoms with van der Waals surface area (Å²) in [5.74, 6) is 1.20. The van der Waals surface area contributed by atoms with Gasteiger partial charge in [-0.15, -0.1) is 12.4 Å². The zero-order valence-corrected chi connectivity index (χ0v) is 12.3. The Hall–Kier alpha value is -1.72. The van der Waals surface area contributed by atoms with Crippen molar-refractivity contribution in [1.29, 1.82) is 0 Å². The molecule has 1 aromatic rings. The van der Waals surface area contributed by atoms with E-state index in [0.717, 1.165) is 5.56 Å². The highest BCUT2D eigenvalue weighted by molar-refractivity contribution is 5.99. The van der Waals surface area contributed by atoms with Gasteiger partial charge in [0.05, 0.1) is 12.7 Å². The monoisotopic (exact) mass is 298 g/mol. The van der Waals surface area contributed by atoms with Gasteiger partial charge in [-0.2, -0.15) is 0 Å². The molecule has 0 bridgehead atoms. The van der Waals surface area contributed by atoms with Crippen molar-refractivity contribution in [3.63, 3.8) is 0 Å². The largest absolute Gasteiger partial charge is 0.493 e. The molecule has 0 fully saturated rings. The van der Waals surface area contributed by atoms with Crippen LogP contribution in [0.5, 0.6) is 11.5 Å². The smallest absolute Gasteiger partial charge is 0.250 e. The van der Waals surface area contributed by atoms with E-state index in [0.29, 0.717) is 23.6 Å². The molecule has 20 heavy (non-hydrogen) atoms. The number of nitrogens with two attached hydrogens (primary N) is 1. The van der Waals surface area contributed by atoms with Crippen LogP contribution in [0.25, 0.3) is 6.08 Å². The minimum absolute atomic E-state index is 0. The minimum Gasteiger partial charge on any atom is -0.493 e. The molecule has 0 aromatic heterocycles. The Morgan fingerprint density at radius 3 is 2.95 bits per heavy atom. The number of rotatable bonds is 4. The summed E-state index contributed by atoms with van der Waals surface area (Å²) in [6.45, 7) is 2.50. The van der Waals surface area contributed by atoms with E-state index in [4.69, 9.17) is 15.2 Å². The summed E-state index contributed by atoms with van der Waals surface area (Å²) in [5, 5.41) is 2.82. The lowest BCUT2D eigenvalue weighted by molar-refractivity contribution is -0.118. The average molecular weight is 299 g/mol. The van der Waals surface area contributed by atoms with Gasteiger partial charge in [0.1, 0.15) is 6.61 Å². The Labute approximate surface area is 124 Å². The summed E-state index contributed by atoms with van der Waals surface area (Å²) in [7, 11) is 1.59. The third-order valence-corrected chi connectivity index (χ3v) is 2.95. The zero-order valence-electron chi connectivity index (χ0n) is 11.5. The van der Waals surface area contributed by atoms with Crippen molar-refractivity contribution >= 4 is 24.4 Å². The molecule has 1 aliphatic rings. The zero-order chi connectivity index (χ0) is 13.8. The van der Waals surface area contributed by atoms with Crippen LogP contribution in [-0.2, 0) is 4.79 Å². The molecule has 0 radical (unpaired) electrons. The first kappa shape index (κ1) is 16.3. The number of ether oxygens (including phenoxy) is 2. The van der Waals surface area contributed by atoms with E-state index in [1.807, 2.05) is 31.2 Å². The Kier molecular flexibility index (Phi) is 5.85. The van der Waals surface area contributed by atoms with Gasteiger partial charge >= 0.3 is 0 Å². The molecule has 0 aliphatic carbocycles. The molecule has 110 valence electrons. The quantitative estimate of drug-likeness (QED) is 0.880. The van der Waals surface area contributed by atoms with Crippen LogP contribution in [0.15, 0.2) is 23.8 Å². The Morgan fingerprint density at radius 1 is 1.55 bits per heavy atom. The van der Waals surface area contributed by atoms with Gasteiger partial charge in [-0.3, -0.25) is 4.79 Å². The predicted octanol–water partition coefficient (Wildman–Crippen LogP) is 1.36. The van der Waals surface area contributed by atoms with E-state index >= 15 is 0 Å². The standard InChI is InChI=1S/C14H18N2O3.ClH/c1-9(7-15)16-14(17)11-6-10-4-3-5-12(18-2)13(10)19-8-11;/h3-6,9H,7-8,15H2,1-2H3,(H,16,17);1H/t9-;/m0./s1. The van der Waals surface area contributed by atoms with E-state index < -0.39 is 0 Å². The lowest BCUT2D eigenvalue weighted by Gasteiger charge is -2.20. The molecule has 0 unspecified atom stereocenters. The second kappa shape index (κ2) is 7.17. The Balaban J connectivity index is 0.00000200. The molecule has 3 N–H and O–H groups in total. The number of amides is 1. The van der Waals surface area contributed by atoms with Gasteiger partial charge in [-0.1, -0.05) is 12.1 Å². The lowest BCUT2D eigenvalue weighted by Crippen LogP contribution is -2.39. The van der Waals surface area contributed by atoms with Gasteiger partial charge in [-0.25, -0.2) is 0 Å². The maximum absolute atomic E-state index is 12.0. The number of fused-ring (bicyclic) bond motifs is 1. The average Bonchev–Trinajstić information content (AvgIpc) is 2.45. The summed E-state index contributed by atoms with van der Waals surface area (Å²) >= 11 is 0. The van der Waals surface area contributed by atoms with Crippen molar-refractivity contribution in [3.8, 4) is 11.5 Å². The Bertz CT molecular complexity index is 517. The molecule has 1 aromatic carbocycles. The number of benzene rings is 1. The number of hydrogen-bond acceptors (Lipinski definition) is 4. The molecule has 0 saturated carbocycles. The van der Waals surface area contributed by atoms with Crippen LogP contribution < -0.4 is 20.5 Å². The van der Waals surface area contributed by atoms with Crippen LogP contribution in [0.4, 0.5) is 0 Å². The van der Waals surface area contributed by atoms with Crippen LogP contribution in [-0.4, -0.2) is 32.2 Å². The van der Waals surface area contributed by atoms with E-state index in [2.05, 4.69) is 5.32 Å². The van der Waals surface area contributed by atoms with Crippen LogP contribution in [0.1, 0.15) is 12.5 Å². The normalized spacial score (nSPS) is 14.1. The topological polar surface area (TPSA) is 73.6 Å². The molecule has 1 aliphatic heterocycles. The van der Waals surface area contributed by atoms with Crippen molar-refractivity contribution in [2.24, 2.45) is 5.73 Å². The highest BCUT2D eigenvalue weighted by atomic mass is 35.5. The van der Waals surface area contributed by atoms with Gasteiger partial charge in [-0.05, 0) is 19.1 Å². The van der Waals surface area contributed by atoms with Gasteiger partial charge in [0.25, 0.3) is 5.91 Å². The highest BCUT2D eigenvalue weighted by Crippen LogP contribution is 2.35. The van der Waals surface area contributed by atoms with Crippen molar-refractivity contribution < 1.29 is 14.3 Å². The number of nitrogens with one attached hydrogen (secondary N) is 1. The first-order valence-electron chi connectivity index (χ1n) is 6.17. The summed E-state index contributed by atoms with van der Waals surface area (Å²) in [5.41, 5.74) is 6.91. The van der Waals surface area contributed by atoms with Gasteiger partial charge in [0.15, 0.2) is 11.5 Å². The molecule has 1 amide bonds. The fourth-order valence-corrected chi connectivity index (χ4v) is 1.85. The number of methoxy groups -OCH3 is 1. The van der Waals surface area contributed by atoms with E-state index in [1.165, 1.54) is 0 Å². The molecular formula is C14H19ClN2O3. The number of halogens is 1. The van der Waals surface area contributed by atoms with Gasteiger partial charge in [0.2, 0.25) is 0 Å². The maximum Gasteiger partial charge on any atom is 0.250 e. The molecule has 5 nitrogen and oxygen atoms in total. The summed E-state index contributed by atoms with van der Waals surface area (Å²) in [6.07, 6.45) is 1.82. The van der Waals surface area contributed by atoms with Crippen LogP contribution >= 0.6 is 12.4 Å². The summed E-state index contributed by atoms with van der Waals surface area (Å²) in [4.78, 5) is 12.0. The lowest BCUT2D eigenvalue weighted by atomic mass is 10.1. The third kappa shape index (κ3) is 3.43. The van der Waals surface area contributed by atoms with Gasteiger partial charge < -0.3 is 20.5 Å². The van der Waals surface area contributed by atoms with Crippen molar-refractivity contribution in [1.82, 2.24) is 5.32 Å². The maximum atomic E-state index is 12.0. The van der Waals surface area contributed by atoms with Gasteiger partial charge in [0, 0.05) is 18.2 Å². The summed E-state index contributed by atoms with van der Waals surface area (Å²) < 4.78 is 10.8. The molecular weight excluding hydrogens is 280 g/mol. The Morgan fingerprint density at radius 2 is 2.30 bits per heavy atom. The SMILES string of the molecule is COc1cccc2c1OCC(C(=O)N[C@@H](C)CN)=C2.Cl. The minimum atomic E-state index is -0.147. The van der Waals surface area contributed by atoms with E-state index in [1.54, 1.807) is 7.11 Å². The summed E-state index contributed by atoms with van der Waals surface area (Å²) in [6, 6.07) is 5.52. The molecule has 2 rings (SSSR count). The van der Waals surface area contributed by atoms with Crippen LogP contribution in [0.3, 0.4) is 0 Å². The number of carbonyl (C=O) groups excluding carboxylic acids is 1. The molecule has 6 heteroatoms. The molecule has 1 atom stereocenters. The highest BCUT2D eigenvalue weighted by Gasteiger charge is 2.20. The van der Waals surface area contributed by atoms with E-state index in [-0.39, 0.29) is 31.0 Å². The first-order chi connectivity index (χ1) is 9.15. The number of hydrogen-bond donors (Lipinski definition) is 2. The number of para-hydroxylation sites is 1. The predicted molar refractivity (Wildman–Crippen MR) is 80.4 cm³/mol. The van der Waals surface area contributed by atoms with Crippen LogP contribution in [0.2, 0.25) is 0 Å². The fraction of sp³-hybridized carbons (Fsp3) is 0.357. The van der Waals surface area contributed by atoms with Crippen molar-refractivity contribution in [2.45, 2.75) is 13.0 Å². The van der Waals surface area contributed by atoms with Crippen molar-refractivity contribution in [2.75, 3.05) is 20.3 Å². The molecule has 1 heterocycles. The second-order valence-corrected chi connectivity index (χ2v) is 4.45. The third-order valence-electron chi connectivity index (χ3n) is 2.95. The second-order valence-electron chi connectivity index (χ2n) is 4.45. The number of carbonyl (C=O) groups is 1.